The van der Waals surface area contributed by atoms with Crippen LogP contribution in [0.3, 0.4) is 0 Å². The summed E-state index contributed by atoms with van der Waals surface area (Å²) < 4.78 is 13.3. The average molecular weight is 418 g/mol. The Hall–Kier alpha value is -3.19. The Bertz CT molecular complexity index is 1240. The fraction of sp³-hybridized carbons (Fsp3) is 0.375. The molecule has 1 aliphatic heterocycles. The van der Waals surface area contributed by atoms with E-state index in [0.717, 1.165) is 54.2 Å². The first-order valence-corrected chi connectivity index (χ1v) is 10.7. The van der Waals surface area contributed by atoms with Crippen molar-refractivity contribution in [1.29, 1.82) is 0 Å². The molecule has 0 saturated carbocycles. The molecule has 7 heteroatoms. The highest BCUT2D eigenvalue weighted by Gasteiger charge is 2.37. The Balaban J connectivity index is 1.58. The van der Waals surface area contributed by atoms with Crippen LogP contribution in [-0.2, 0) is 10.2 Å². The first-order chi connectivity index (χ1) is 15.1. The molecule has 1 fully saturated rings. The number of benzene rings is 2. The minimum Gasteiger partial charge on any atom is -0.496 e. The number of hydrogen-bond acceptors (Lipinski definition) is 6. The second-order valence-corrected chi connectivity index (χ2v) is 8.30. The zero-order chi connectivity index (χ0) is 21.4. The van der Waals surface area contributed by atoms with Gasteiger partial charge in [0, 0.05) is 36.1 Å². The zero-order valence-corrected chi connectivity index (χ0v) is 18.2. The van der Waals surface area contributed by atoms with Crippen molar-refractivity contribution in [3.63, 3.8) is 0 Å². The molecule has 2 aromatic carbocycles. The molecule has 1 saturated heterocycles. The van der Waals surface area contributed by atoms with Gasteiger partial charge in [-0.3, -0.25) is 0 Å². The number of fused-ring (bicyclic) bond motifs is 3. The lowest BCUT2D eigenvalue weighted by Crippen LogP contribution is -2.40. The molecule has 160 valence electrons. The summed E-state index contributed by atoms with van der Waals surface area (Å²) in [6.07, 6.45) is 1.82. The Morgan fingerprint density at radius 3 is 2.71 bits per heavy atom. The smallest absolute Gasteiger partial charge is 0.226 e. The summed E-state index contributed by atoms with van der Waals surface area (Å²) in [7, 11) is 1.74. The maximum atomic E-state index is 5.75. The molecule has 0 spiro atoms. The van der Waals surface area contributed by atoms with E-state index in [2.05, 4.69) is 40.5 Å². The predicted molar refractivity (Wildman–Crippen MR) is 121 cm³/mol. The summed E-state index contributed by atoms with van der Waals surface area (Å²) >= 11 is 0. The van der Waals surface area contributed by atoms with Crippen molar-refractivity contribution in [2.75, 3.05) is 32.2 Å². The highest BCUT2D eigenvalue weighted by molar-refractivity contribution is 5.92. The van der Waals surface area contributed by atoms with Crippen LogP contribution >= 0.6 is 0 Å². The van der Waals surface area contributed by atoms with Crippen LogP contribution in [0, 0.1) is 13.8 Å². The van der Waals surface area contributed by atoms with E-state index >= 15 is 0 Å². The number of hydrogen-bond donors (Lipinski definition) is 1. The number of methoxy groups -OCH3 is 1. The third-order valence-electron chi connectivity index (χ3n) is 6.25. The second-order valence-electron chi connectivity index (χ2n) is 8.30. The lowest BCUT2D eigenvalue weighted by Gasteiger charge is -2.39. The fourth-order valence-electron chi connectivity index (χ4n) is 4.56. The number of ether oxygens (including phenoxy) is 2. The van der Waals surface area contributed by atoms with Gasteiger partial charge in [0.1, 0.15) is 11.6 Å². The Kier molecular flexibility index (Phi) is 4.98. The molecule has 0 atom stereocenters. The van der Waals surface area contributed by atoms with E-state index in [4.69, 9.17) is 14.5 Å². The van der Waals surface area contributed by atoms with Crippen LogP contribution in [0.1, 0.15) is 29.8 Å². The molecule has 5 rings (SSSR count). The SMILES string of the molecule is COc1ccc(C)cc1C1(CNc2nc3ccccc3c3nc(C)nn23)CCOCC1. The number of aryl methyl sites for hydroxylation is 2. The van der Waals surface area contributed by atoms with Crippen molar-refractivity contribution in [1.82, 2.24) is 19.6 Å². The molecule has 4 aromatic rings. The van der Waals surface area contributed by atoms with Crippen LogP contribution < -0.4 is 10.1 Å². The van der Waals surface area contributed by atoms with Crippen molar-refractivity contribution in [2.24, 2.45) is 0 Å². The number of anilines is 1. The van der Waals surface area contributed by atoms with Crippen LogP contribution in [-0.4, -0.2) is 46.5 Å². The van der Waals surface area contributed by atoms with E-state index in [9.17, 15) is 0 Å². The zero-order valence-electron chi connectivity index (χ0n) is 18.2. The lowest BCUT2D eigenvalue weighted by molar-refractivity contribution is 0.0535. The molecule has 0 amide bonds. The molecule has 2 aromatic heterocycles. The monoisotopic (exact) mass is 417 g/mol. The number of aromatic nitrogens is 4. The standard InChI is InChI=1S/C24H27N5O2/c1-16-8-9-21(30-3)19(14-16)24(10-12-31-13-11-24)15-25-23-27-20-7-5-4-6-18(20)22-26-17(2)28-29(22)23/h4-9,14H,10-13,15H2,1-3H3,(H,25,27). The van der Waals surface area contributed by atoms with Crippen molar-refractivity contribution >= 4 is 22.5 Å². The topological polar surface area (TPSA) is 73.6 Å². The van der Waals surface area contributed by atoms with Gasteiger partial charge in [-0.2, -0.15) is 4.52 Å². The van der Waals surface area contributed by atoms with E-state index in [1.165, 1.54) is 11.1 Å². The first-order valence-electron chi connectivity index (χ1n) is 10.7. The van der Waals surface area contributed by atoms with E-state index in [-0.39, 0.29) is 5.41 Å². The van der Waals surface area contributed by atoms with Crippen LogP contribution in [0.15, 0.2) is 42.5 Å². The lowest BCUT2D eigenvalue weighted by atomic mass is 9.73. The van der Waals surface area contributed by atoms with Gasteiger partial charge in [-0.25, -0.2) is 9.97 Å². The van der Waals surface area contributed by atoms with Crippen LogP contribution in [0.5, 0.6) is 5.75 Å². The summed E-state index contributed by atoms with van der Waals surface area (Å²) in [5.74, 6) is 2.34. The van der Waals surface area contributed by atoms with Crippen molar-refractivity contribution in [3.05, 3.63) is 59.4 Å². The largest absolute Gasteiger partial charge is 0.496 e. The molecule has 1 N–H and O–H groups in total. The van der Waals surface area contributed by atoms with Crippen LogP contribution in [0.2, 0.25) is 0 Å². The Morgan fingerprint density at radius 1 is 1.10 bits per heavy atom. The maximum absolute atomic E-state index is 5.75. The number of nitrogens with zero attached hydrogens (tertiary/aromatic N) is 4. The molecule has 0 radical (unpaired) electrons. The molecule has 31 heavy (non-hydrogen) atoms. The van der Waals surface area contributed by atoms with E-state index in [1.807, 2.05) is 35.7 Å². The van der Waals surface area contributed by atoms with Crippen molar-refractivity contribution < 1.29 is 9.47 Å². The van der Waals surface area contributed by atoms with E-state index < -0.39 is 0 Å². The summed E-state index contributed by atoms with van der Waals surface area (Å²) in [5.41, 5.74) is 4.04. The summed E-state index contributed by atoms with van der Waals surface area (Å²) in [6.45, 7) is 6.18. The van der Waals surface area contributed by atoms with Gasteiger partial charge in [0.05, 0.1) is 12.6 Å². The predicted octanol–water partition coefficient (Wildman–Crippen LogP) is 4.06. The average Bonchev–Trinajstić information content (AvgIpc) is 3.20. The quantitative estimate of drug-likeness (QED) is 0.528. The Labute approximate surface area is 181 Å². The van der Waals surface area contributed by atoms with Gasteiger partial charge in [0.15, 0.2) is 5.65 Å². The molecule has 0 bridgehead atoms. The molecule has 7 nitrogen and oxygen atoms in total. The third kappa shape index (κ3) is 3.49. The van der Waals surface area contributed by atoms with Gasteiger partial charge >= 0.3 is 0 Å². The fourth-order valence-corrected chi connectivity index (χ4v) is 4.56. The van der Waals surface area contributed by atoms with Gasteiger partial charge in [0.2, 0.25) is 5.95 Å². The molecule has 1 aliphatic rings. The molecule has 0 unspecified atom stereocenters. The van der Waals surface area contributed by atoms with Gasteiger partial charge in [-0.1, -0.05) is 29.8 Å². The first kappa shape index (κ1) is 19.8. The highest BCUT2D eigenvalue weighted by atomic mass is 16.5. The summed E-state index contributed by atoms with van der Waals surface area (Å²) in [6, 6.07) is 14.4. The number of rotatable bonds is 5. The summed E-state index contributed by atoms with van der Waals surface area (Å²) in [5, 5.41) is 9.21. The normalized spacial score (nSPS) is 16.0. The molecule has 0 aliphatic carbocycles. The third-order valence-corrected chi connectivity index (χ3v) is 6.25. The van der Waals surface area contributed by atoms with Crippen LogP contribution in [0.4, 0.5) is 5.95 Å². The molecular formula is C24H27N5O2. The molecule has 3 heterocycles. The number of nitrogens with one attached hydrogen (secondary N) is 1. The Morgan fingerprint density at radius 2 is 1.90 bits per heavy atom. The van der Waals surface area contributed by atoms with E-state index in [0.29, 0.717) is 12.5 Å². The van der Waals surface area contributed by atoms with Gasteiger partial charge in [-0.15, -0.1) is 5.10 Å². The van der Waals surface area contributed by atoms with Gasteiger partial charge in [-0.05, 0) is 44.9 Å². The highest BCUT2D eigenvalue weighted by Crippen LogP contribution is 2.40. The van der Waals surface area contributed by atoms with Crippen LogP contribution in [0.25, 0.3) is 16.6 Å². The minimum absolute atomic E-state index is 0.120. The molecular weight excluding hydrogens is 390 g/mol. The number of para-hydroxylation sites is 1. The van der Waals surface area contributed by atoms with Crippen molar-refractivity contribution in [3.8, 4) is 5.75 Å². The summed E-state index contributed by atoms with van der Waals surface area (Å²) in [4.78, 5) is 9.52. The van der Waals surface area contributed by atoms with Gasteiger partial charge in [0.25, 0.3) is 0 Å². The van der Waals surface area contributed by atoms with E-state index in [1.54, 1.807) is 7.11 Å². The minimum atomic E-state index is -0.120. The maximum Gasteiger partial charge on any atom is 0.226 e. The van der Waals surface area contributed by atoms with Gasteiger partial charge < -0.3 is 14.8 Å². The second kappa shape index (κ2) is 7.81. The van der Waals surface area contributed by atoms with Crippen molar-refractivity contribution in [2.45, 2.75) is 32.1 Å².